The van der Waals surface area contributed by atoms with Gasteiger partial charge in [-0.3, -0.25) is 14.9 Å². The second kappa shape index (κ2) is 3.73. The summed E-state index contributed by atoms with van der Waals surface area (Å²) in [4.78, 5) is 22.2. The summed E-state index contributed by atoms with van der Waals surface area (Å²) in [7, 11) is 0. The summed E-state index contributed by atoms with van der Waals surface area (Å²) in [6, 6.07) is 4.63. The van der Waals surface area contributed by atoms with Gasteiger partial charge in [-0.25, -0.2) is 0 Å². The molecule has 1 N–H and O–H groups in total. The van der Waals surface area contributed by atoms with E-state index in [1.54, 1.807) is 0 Å². The quantitative estimate of drug-likeness (QED) is 0.761. The van der Waals surface area contributed by atoms with Crippen molar-refractivity contribution < 1.29 is 22.8 Å². The van der Waals surface area contributed by atoms with Gasteiger partial charge in [0, 0.05) is 6.08 Å². The SMILES string of the molecule is O=C1C=C(c2ccccc2C(F)(F)F)C(=O)N1. The summed E-state index contributed by atoms with van der Waals surface area (Å²) >= 11 is 0. The molecule has 1 aliphatic rings. The van der Waals surface area contributed by atoms with E-state index in [4.69, 9.17) is 0 Å². The minimum Gasteiger partial charge on any atom is -0.289 e. The summed E-state index contributed by atoms with van der Waals surface area (Å²) in [5.74, 6) is -1.52. The van der Waals surface area contributed by atoms with E-state index in [-0.39, 0.29) is 11.1 Å². The lowest BCUT2D eigenvalue weighted by Gasteiger charge is -2.11. The highest BCUT2D eigenvalue weighted by atomic mass is 19.4. The largest absolute Gasteiger partial charge is 0.417 e. The van der Waals surface area contributed by atoms with Gasteiger partial charge in [0.05, 0.1) is 11.1 Å². The first-order valence-corrected chi connectivity index (χ1v) is 4.63. The molecule has 6 heteroatoms. The topological polar surface area (TPSA) is 46.2 Å². The molecule has 88 valence electrons. The van der Waals surface area contributed by atoms with Crippen LogP contribution in [0.5, 0.6) is 0 Å². The molecule has 2 rings (SSSR count). The Morgan fingerprint density at radius 1 is 1.06 bits per heavy atom. The predicted molar refractivity (Wildman–Crippen MR) is 52.6 cm³/mol. The van der Waals surface area contributed by atoms with Gasteiger partial charge in [-0.1, -0.05) is 18.2 Å². The minimum atomic E-state index is -4.57. The van der Waals surface area contributed by atoms with Gasteiger partial charge >= 0.3 is 6.18 Å². The third kappa shape index (κ3) is 2.06. The van der Waals surface area contributed by atoms with Crippen LogP contribution in [0, 0.1) is 0 Å². The number of rotatable bonds is 1. The van der Waals surface area contributed by atoms with Gasteiger partial charge in [-0.05, 0) is 11.6 Å². The summed E-state index contributed by atoms with van der Waals surface area (Å²) in [6.07, 6.45) is -3.70. The first-order chi connectivity index (χ1) is 7.89. The molecule has 0 saturated carbocycles. The zero-order chi connectivity index (χ0) is 12.6. The van der Waals surface area contributed by atoms with E-state index in [0.717, 1.165) is 18.2 Å². The first kappa shape index (κ1) is 11.4. The fourth-order valence-corrected chi connectivity index (χ4v) is 1.58. The van der Waals surface area contributed by atoms with Crippen LogP contribution in [0.3, 0.4) is 0 Å². The molecule has 0 aromatic heterocycles. The molecule has 0 radical (unpaired) electrons. The number of imide groups is 1. The molecular weight excluding hydrogens is 235 g/mol. The van der Waals surface area contributed by atoms with Crippen LogP contribution in [0.15, 0.2) is 30.3 Å². The van der Waals surface area contributed by atoms with E-state index < -0.39 is 23.6 Å². The lowest BCUT2D eigenvalue weighted by Crippen LogP contribution is -2.22. The number of alkyl halides is 3. The minimum absolute atomic E-state index is 0.261. The van der Waals surface area contributed by atoms with E-state index in [2.05, 4.69) is 0 Å². The van der Waals surface area contributed by atoms with Crippen LogP contribution >= 0.6 is 0 Å². The number of hydrogen-bond donors (Lipinski definition) is 1. The molecule has 0 bridgehead atoms. The monoisotopic (exact) mass is 241 g/mol. The van der Waals surface area contributed by atoms with Crippen LogP contribution in [-0.4, -0.2) is 11.8 Å². The maximum Gasteiger partial charge on any atom is 0.417 e. The molecule has 0 unspecified atom stereocenters. The van der Waals surface area contributed by atoms with Gasteiger partial charge in [-0.15, -0.1) is 0 Å². The van der Waals surface area contributed by atoms with Crippen LogP contribution in [0.1, 0.15) is 11.1 Å². The second-order valence-corrected chi connectivity index (χ2v) is 3.42. The van der Waals surface area contributed by atoms with E-state index in [1.807, 2.05) is 5.32 Å². The third-order valence-corrected chi connectivity index (χ3v) is 2.28. The molecule has 0 fully saturated rings. The zero-order valence-corrected chi connectivity index (χ0v) is 8.34. The normalized spacial score (nSPS) is 15.8. The lowest BCUT2D eigenvalue weighted by atomic mass is 9.99. The van der Waals surface area contributed by atoms with Crippen LogP contribution in [-0.2, 0) is 15.8 Å². The molecule has 1 aromatic carbocycles. The number of amides is 2. The van der Waals surface area contributed by atoms with Crippen molar-refractivity contribution in [1.82, 2.24) is 5.32 Å². The second-order valence-electron chi connectivity index (χ2n) is 3.42. The number of nitrogens with one attached hydrogen (secondary N) is 1. The maximum atomic E-state index is 12.7. The number of benzene rings is 1. The first-order valence-electron chi connectivity index (χ1n) is 4.63. The molecule has 1 aliphatic heterocycles. The molecule has 0 spiro atoms. The number of carbonyl (C=O) groups excluding carboxylic acids is 2. The molecule has 2 amide bonds. The van der Waals surface area contributed by atoms with Crippen molar-refractivity contribution in [2.75, 3.05) is 0 Å². The highest BCUT2D eigenvalue weighted by Crippen LogP contribution is 2.35. The predicted octanol–water partition coefficient (Wildman–Crippen LogP) is 1.75. The Hall–Kier alpha value is -2.11. The standard InChI is InChI=1S/C11H6F3NO2/c12-11(13,14)8-4-2-1-3-6(8)7-5-9(16)15-10(7)17/h1-5H,(H,15,16,17). The smallest absolute Gasteiger partial charge is 0.289 e. The fourth-order valence-electron chi connectivity index (χ4n) is 1.58. The van der Waals surface area contributed by atoms with Gasteiger partial charge < -0.3 is 0 Å². The number of halogens is 3. The number of carbonyl (C=O) groups is 2. The average molecular weight is 241 g/mol. The Bertz CT molecular complexity index is 532. The molecule has 0 atom stereocenters. The van der Waals surface area contributed by atoms with Crippen molar-refractivity contribution in [3.8, 4) is 0 Å². The van der Waals surface area contributed by atoms with E-state index >= 15 is 0 Å². The average Bonchev–Trinajstić information content (AvgIpc) is 2.56. The van der Waals surface area contributed by atoms with Crippen LogP contribution in [0.2, 0.25) is 0 Å². The lowest BCUT2D eigenvalue weighted by molar-refractivity contribution is -0.137. The zero-order valence-electron chi connectivity index (χ0n) is 8.34. The highest BCUT2D eigenvalue weighted by Gasteiger charge is 2.36. The summed E-state index contributed by atoms with van der Waals surface area (Å²) in [5, 5.41) is 1.91. The molecule has 0 aliphatic carbocycles. The van der Waals surface area contributed by atoms with Gasteiger partial charge in [0.1, 0.15) is 0 Å². The van der Waals surface area contributed by atoms with Crippen molar-refractivity contribution in [3.05, 3.63) is 41.5 Å². The Morgan fingerprint density at radius 3 is 2.24 bits per heavy atom. The molecule has 17 heavy (non-hydrogen) atoms. The van der Waals surface area contributed by atoms with Gasteiger partial charge in [0.15, 0.2) is 0 Å². The van der Waals surface area contributed by atoms with Crippen molar-refractivity contribution in [2.45, 2.75) is 6.18 Å². The third-order valence-electron chi connectivity index (χ3n) is 2.28. The van der Waals surface area contributed by atoms with Crippen molar-refractivity contribution in [1.29, 1.82) is 0 Å². The molecular formula is C11H6F3NO2. The van der Waals surface area contributed by atoms with Crippen LogP contribution in [0.25, 0.3) is 5.57 Å². The van der Waals surface area contributed by atoms with Gasteiger partial charge in [0.25, 0.3) is 11.8 Å². The Morgan fingerprint density at radius 2 is 1.71 bits per heavy atom. The summed E-state index contributed by atoms with van der Waals surface area (Å²) < 4.78 is 38.0. The van der Waals surface area contributed by atoms with E-state index in [9.17, 15) is 22.8 Å². The van der Waals surface area contributed by atoms with Gasteiger partial charge in [0.2, 0.25) is 0 Å². The Balaban J connectivity index is 2.57. The molecule has 0 saturated heterocycles. The van der Waals surface area contributed by atoms with Crippen molar-refractivity contribution in [3.63, 3.8) is 0 Å². The molecule has 1 aromatic rings. The van der Waals surface area contributed by atoms with Crippen LogP contribution < -0.4 is 5.32 Å². The summed E-state index contributed by atoms with van der Waals surface area (Å²) in [5.41, 5.74) is -1.48. The van der Waals surface area contributed by atoms with E-state index in [0.29, 0.717) is 0 Å². The fraction of sp³-hybridized carbons (Fsp3) is 0.0909. The molecule has 1 heterocycles. The number of hydrogen-bond acceptors (Lipinski definition) is 2. The van der Waals surface area contributed by atoms with Crippen molar-refractivity contribution in [2.24, 2.45) is 0 Å². The maximum absolute atomic E-state index is 12.7. The highest BCUT2D eigenvalue weighted by molar-refractivity contribution is 6.33. The van der Waals surface area contributed by atoms with Gasteiger partial charge in [-0.2, -0.15) is 13.2 Å². The van der Waals surface area contributed by atoms with Crippen molar-refractivity contribution >= 4 is 17.4 Å². The van der Waals surface area contributed by atoms with E-state index in [1.165, 1.54) is 12.1 Å². The Kier molecular flexibility index (Phi) is 2.49. The molecule has 3 nitrogen and oxygen atoms in total. The Labute approximate surface area is 93.9 Å². The summed E-state index contributed by atoms with van der Waals surface area (Å²) in [6.45, 7) is 0. The van der Waals surface area contributed by atoms with Crippen LogP contribution in [0.4, 0.5) is 13.2 Å².